The van der Waals surface area contributed by atoms with Crippen molar-refractivity contribution in [3.05, 3.63) is 65.4 Å². The number of nitrogens with zero attached hydrogens (tertiary/aromatic N) is 1. The molecule has 0 spiro atoms. The van der Waals surface area contributed by atoms with E-state index in [1.54, 1.807) is 7.11 Å². The third-order valence-electron chi connectivity index (χ3n) is 6.50. The molecule has 1 aliphatic heterocycles. The van der Waals surface area contributed by atoms with E-state index in [0.29, 0.717) is 13.1 Å². The second-order valence-corrected chi connectivity index (χ2v) is 8.44. The van der Waals surface area contributed by atoms with Crippen LogP contribution in [-0.2, 0) is 11.3 Å². The Hall–Kier alpha value is -3.12. The molecule has 0 aliphatic carbocycles. The number of rotatable bonds is 7. The highest BCUT2D eigenvalue weighted by Crippen LogP contribution is 2.30. The van der Waals surface area contributed by atoms with Crippen LogP contribution in [0.2, 0.25) is 0 Å². The molecule has 1 aliphatic rings. The Balaban J connectivity index is 1.65. The molecule has 1 fully saturated rings. The van der Waals surface area contributed by atoms with Crippen molar-refractivity contribution in [3.63, 3.8) is 0 Å². The zero-order valence-electron chi connectivity index (χ0n) is 18.2. The van der Waals surface area contributed by atoms with Crippen molar-refractivity contribution < 1.29 is 19.2 Å². The lowest BCUT2D eigenvalue weighted by atomic mass is 9.96. The van der Waals surface area contributed by atoms with Gasteiger partial charge in [0.05, 0.1) is 25.8 Å². The van der Waals surface area contributed by atoms with Crippen LogP contribution in [0, 0.1) is 12.8 Å². The summed E-state index contributed by atoms with van der Waals surface area (Å²) in [6.45, 7) is 4.75. The summed E-state index contributed by atoms with van der Waals surface area (Å²) in [5.41, 5.74) is 9.42. The second-order valence-electron chi connectivity index (χ2n) is 8.44. The van der Waals surface area contributed by atoms with E-state index in [1.807, 2.05) is 43.3 Å². The zero-order valence-corrected chi connectivity index (χ0v) is 18.2. The molecule has 1 saturated heterocycles. The van der Waals surface area contributed by atoms with Crippen molar-refractivity contribution in [1.29, 1.82) is 0 Å². The van der Waals surface area contributed by atoms with Gasteiger partial charge in [0.2, 0.25) is 11.7 Å². The third kappa shape index (κ3) is 4.35. The number of carbonyl (C=O) groups is 2. The first kappa shape index (κ1) is 21.1. The Bertz CT molecular complexity index is 1100. The van der Waals surface area contributed by atoms with E-state index in [-0.39, 0.29) is 17.6 Å². The summed E-state index contributed by atoms with van der Waals surface area (Å²) < 4.78 is 7.65. The molecule has 4 rings (SSSR count). The molecule has 1 amide bonds. The van der Waals surface area contributed by atoms with Gasteiger partial charge in [0.15, 0.2) is 0 Å². The van der Waals surface area contributed by atoms with Crippen LogP contribution < -0.4 is 15.4 Å². The number of hydrogen-bond donors (Lipinski definition) is 2. The van der Waals surface area contributed by atoms with Crippen LogP contribution in [0.5, 0.6) is 5.75 Å². The molecule has 2 heterocycles. The number of ketones is 1. The van der Waals surface area contributed by atoms with Gasteiger partial charge in [0.25, 0.3) is 0 Å². The molecule has 0 radical (unpaired) electrons. The summed E-state index contributed by atoms with van der Waals surface area (Å²) in [4.78, 5) is 26.1. The standard InChI is InChI=1S/C25H29N3O3/c1-17-24(23(29)16-27-12-10-19(11-13-27)25(26)30)21-14-20(31-2)8-9-22(21)28(17)15-18-6-4-3-5-7-18/h3-9,14,19H,10-13,15-16H2,1-2H3,(H2,26,30)/p+1. The summed E-state index contributed by atoms with van der Waals surface area (Å²) in [7, 11) is 1.64. The molecule has 31 heavy (non-hydrogen) atoms. The van der Waals surface area contributed by atoms with E-state index in [0.717, 1.165) is 53.8 Å². The van der Waals surface area contributed by atoms with Crippen LogP contribution in [-0.4, -0.2) is 43.0 Å². The number of benzene rings is 2. The number of ether oxygens (including phenoxy) is 1. The number of amides is 1. The summed E-state index contributed by atoms with van der Waals surface area (Å²) in [6, 6.07) is 16.2. The number of Topliss-reactive ketones (excluding diaryl/α,β-unsaturated/α-hetero) is 1. The van der Waals surface area contributed by atoms with Crippen molar-refractivity contribution in [1.82, 2.24) is 4.57 Å². The minimum Gasteiger partial charge on any atom is -0.497 e. The van der Waals surface area contributed by atoms with Crippen LogP contribution in [0.4, 0.5) is 0 Å². The molecule has 2 aromatic carbocycles. The molecule has 3 aromatic rings. The number of nitrogens with one attached hydrogen (secondary N) is 1. The zero-order chi connectivity index (χ0) is 22.0. The van der Waals surface area contributed by atoms with Crippen molar-refractivity contribution in [2.45, 2.75) is 26.3 Å². The van der Waals surface area contributed by atoms with E-state index >= 15 is 0 Å². The first-order valence-corrected chi connectivity index (χ1v) is 10.8. The van der Waals surface area contributed by atoms with E-state index in [2.05, 4.69) is 16.7 Å². The predicted octanol–water partition coefficient (Wildman–Crippen LogP) is 1.97. The molecule has 6 heteroatoms. The Labute approximate surface area is 182 Å². The van der Waals surface area contributed by atoms with Gasteiger partial charge in [-0.15, -0.1) is 0 Å². The van der Waals surface area contributed by atoms with Crippen LogP contribution in [0.15, 0.2) is 48.5 Å². The van der Waals surface area contributed by atoms with Crippen molar-refractivity contribution in [2.75, 3.05) is 26.7 Å². The maximum Gasteiger partial charge on any atom is 0.220 e. The molecule has 0 unspecified atom stereocenters. The normalized spacial score (nSPS) is 18.8. The molecular formula is C25H30N3O3+. The van der Waals surface area contributed by atoms with Gasteiger partial charge in [-0.3, -0.25) is 9.59 Å². The predicted molar refractivity (Wildman–Crippen MR) is 121 cm³/mol. The molecule has 3 N–H and O–H groups in total. The van der Waals surface area contributed by atoms with E-state index in [9.17, 15) is 9.59 Å². The van der Waals surface area contributed by atoms with Crippen LogP contribution in [0.1, 0.15) is 34.5 Å². The summed E-state index contributed by atoms with van der Waals surface area (Å²) >= 11 is 0. The highest BCUT2D eigenvalue weighted by Gasteiger charge is 2.29. The van der Waals surface area contributed by atoms with E-state index in [4.69, 9.17) is 10.5 Å². The summed E-state index contributed by atoms with van der Waals surface area (Å²) in [5.74, 6) is 0.595. The number of likely N-dealkylation sites (tertiary alicyclic amines) is 1. The molecule has 6 nitrogen and oxygen atoms in total. The smallest absolute Gasteiger partial charge is 0.220 e. The van der Waals surface area contributed by atoms with Crippen molar-refractivity contribution in [2.24, 2.45) is 11.7 Å². The number of methoxy groups -OCH3 is 1. The lowest BCUT2D eigenvalue weighted by Gasteiger charge is -2.27. The fourth-order valence-electron chi connectivity index (χ4n) is 4.71. The van der Waals surface area contributed by atoms with Crippen molar-refractivity contribution >= 4 is 22.6 Å². The minimum atomic E-state index is -0.225. The maximum absolute atomic E-state index is 13.5. The Kier molecular flexibility index (Phi) is 6.09. The highest BCUT2D eigenvalue weighted by atomic mass is 16.5. The van der Waals surface area contributed by atoms with Crippen LogP contribution >= 0.6 is 0 Å². The average molecular weight is 421 g/mol. The Morgan fingerprint density at radius 3 is 2.48 bits per heavy atom. The number of hydrogen-bond acceptors (Lipinski definition) is 3. The van der Waals surface area contributed by atoms with Gasteiger partial charge in [-0.1, -0.05) is 30.3 Å². The van der Waals surface area contributed by atoms with Gasteiger partial charge in [-0.25, -0.2) is 0 Å². The SMILES string of the molecule is COc1ccc2c(c1)c(C(=O)C[NH+]1CCC(C(N)=O)CC1)c(C)n2Cc1ccccc1. The van der Waals surface area contributed by atoms with E-state index < -0.39 is 0 Å². The lowest BCUT2D eigenvalue weighted by Crippen LogP contribution is -3.14. The average Bonchev–Trinajstić information content (AvgIpc) is 3.05. The monoisotopic (exact) mass is 420 g/mol. The second kappa shape index (κ2) is 8.94. The molecule has 1 aromatic heterocycles. The number of primary amides is 1. The van der Waals surface area contributed by atoms with Crippen molar-refractivity contribution in [3.8, 4) is 5.75 Å². The van der Waals surface area contributed by atoms with Crippen LogP contribution in [0.25, 0.3) is 10.9 Å². The maximum atomic E-state index is 13.5. The molecule has 0 saturated carbocycles. The molecule has 0 bridgehead atoms. The Morgan fingerprint density at radius 1 is 1.13 bits per heavy atom. The topological polar surface area (TPSA) is 78.8 Å². The lowest BCUT2D eigenvalue weighted by molar-refractivity contribution is -0.897. The number of fused-ring (bicyclic) bond motifs is 1. The molecule has 162 valence electrons. The van der Waals surface area contributed by atoms with Gasteiger partial charge < -0.3 is 19.9 Å². The highest BCUT2D eigenvalue weighted by molar-refractivity contribution is 6.10. The van der Waals surface area contributed by atoms with Gasteiger partial charge >= 0.3 is 0 Å². The number of aromatic nitrogens is 1. The number of carbonyl (C=O) groups excluding carboxylic acids is 2. The van der Waals surface area contributed by atoms with Gasteiger partial charge in [0.1, 0.15) is 12.3 Å². The largest absolute Gasteiger partial charge is 0.497 e. The molecular weight excluding hydrogens is 390 g/mol. The Morgan fingerprint density at radius 2 is 1.84 bits per heavy atom. The van der Waals surface area contributed by atoms with Gasteiger partial charge in [-0.05, 0) is 30.7 Å². The third-order valence-corrected chi connectivity index (χ3v) is 6.50. The number of quaternary nitrogens is 1. The van der Waals surface area contributed by atoms with Gasteiger partial charge in [0, 0.05) is 41.9 Å². The quantitative estimate of drug-likeness (QED) is 0.574. The first-order valence-electron chi connectivity index (χ1n) is 10.8. The van der Waals surface area contributed by atoms with Crippen LogP contribution in [0.3, 0.4) is 0 Å². The minimum absolute atomic E-state index is 0.0577. The van der Waals surface area contributed by atoms with Gasteiger partial charge in [-0.2, -0.15) is 0 Å². The number of nitrogens with two attached hydrogens (primary N) is 1. The number of piperidine rings is 1. The fraction of sp³-hybridized carbons (Fsp3) is 0.360. The first-order chi connectivity index (χ1) is 15.0. The summed E-state index contributed by atoms with van der Waals surface area (Å²) in [6.07, 6.45) is 1.50. The summed E-state index contributed by atoms with van der Waals surface area (Å²) in [5, 5.41) is 0.934. The molecule has 0 atom stereocenters. The van der Waals surface area contributed by atoms with E-state index in [1.165, 1.54) is 10.5 Å². The fourth-order valence-corrected chi connectivity index (χ4v) is 4.71.